The molecular weight excluding hydrogens is 256 g/mol. The number of ether oxygens (including phenoxy) is 2. The molecule has 1 aliphatic rings. The molecule has 0 aliphatic carbocycles. The molecule has 108 valence electrons. The van der Waals surface area contributed by atoms with Crippen molar-refractivity contribution in [2.45, 2.75) is 32.2 Å². The van der Waals surface area contributed by atoms with Crippen molar-refractivity contribution in [2.24, 2.45) is 5.73 Å². The summed E-state index contributed by atoms with van der Waals surface area (Å²) in [4.78, 5) is 13.8. The van der Waals surface area contributed by atoms with Crippen molar-refractivity contribution >= 4 is 18.3 Å². The molecule has 1 fully saturated rings. The number of hydrogen-bond acceptors (Lipinski definition) is 4. The van der Waals surface area contributed by atoms with Crippen LogP contribution in [0.2, 0.25) is 0 Å². The fourth-order valence-electron chi connectivity index (χ4n) is 2.08. The molecule has 1 amide bonds. The first-order valence-electron chi connectivity index (χ1n) is 6.44. The summed E-state index contributed by atoms with van der Waals surface area (Å²) in [5.74, 6) is 0.0525. The summed E-state index contributed by atoms with van der Waals surface area (Å²) in [6, 6.07) is 0.201. The standard InChI is InChI=1S/C12H24N2O3.ClH/c1-2-16-7-8-17-10-12(15)14-6-4-3-5-11(14)9-13;/h11H,2-10,13H2,1H3;1H. The van der Waals surface area contributed by atoms with Gasteiger partial charge in [-0.3, -0.25) is 4.79 Å². The number of piperidine rings is 1. The van der Waals surface area contributed by atoms with Crippen LogP contribution in [0, 0.1) is 0 Å². The molecule has 0 radical (unpaired) electrons. The van der Waals surface area contributed by atoms with Gasteiger partial charge >= 0.3 is 0 Å². The average Bonchev–Trinajstić information content (AvgIpc) is 2.38. The van der Waals surface area contributed by atoms with Crippen LogP contribution in [0.15, 0.2) is 0 Å². The lowest BCUT2D eigenvalue weighted by atomic mass is 10.0. The molecule has 1 unspecified atom stereocenters. The maximum absolute atomic E-state index is 11.9. The first-order chi connectivity index (χ1) is 8.29. The van der Waals surface area contributed by atoms with E-state index in [1.165, 1.54) is 0 Å². The molecular formula is C12H25ClN2O3. The number of carbonyl (C=O) groups excluding carboxylic acids is 1. The summed E-state index contributed by atoms with van der Waals surface area (Å²) < 4.78 is 10.4. The number of nitrogens with zero attached hydrogens (tertiary/aromatic N) is 1. The van der Waals surface area contributed by atoms with Gasteiger partial charge in [-0.25, -0.2) is 0 Å². The second-order valence-corrected chi connectivity index (χ2v) is 4.22. The van der Waals surface area contributed by atoms with Crippen LogP contribution in [0.5, 0.6) is 0 Å². The Bertz CT molecular complexity index is 229. The predicted octanol–water partition coefficient (Wildman–Crippen LogP) is 0.801. The summed E-state index contributed by atoms with van der Waals surface area (Å²) in [6.07, 6.45) is 3.25. The van der Waals surface area contributed by atoms with E-state index < -0.39 is 0 Å². The molecule has 0 aromatic rings. The highest BCUT2D eigenvalue weighted by molar-refractivity contribution is 5.85. The second kappa shape index (κ2) is 10.6. The van der Waals surface area contributed by atoms with Gasteiger partial charge in [0, 0.05) is 25.7 Å². The number of nitrogens with two attached hydrogens (primary N) is 1. The normalized spacial score (nSPS) is 19.4. The second-order valence-electron chi connectivity index (χ2n) is 4.22. The van der Waals surface area contributed by atoms with Gasteiger partial charge in [0.2, 0.25) is 5.91 Å². The van der Waals surface area contributed by atoms with E-state index in [-0.39, 0.29) is 31.0 Å². The van der Waals surface area contributed by atoms with Crippen LogP contribution in [0.3, 0.4) is 0 Å². The number of halogens is 1. The van der Waals surface area contributed by atoms with Crippen LogP contribution in [0.1, 0.15) is 26.2 Å². The molecule has 0 aromatic heterocycles. The fourth-order valence-corrected chi connectivity index (χ4v) is 2.08. The van der Waals surface area contributed by atoms with Crippen molar-refractivity contribution in [3.63, 3.8) is 0 Å². The van der Waals surface area contributed by atoms with Gasteiger partial charge in [-0.1, -0.05) is 0 Å². The lowest BCUT2D eigenvalue weighted by Gasteiger charge is -2.35. The summed E-state index contributed by atoms with van der Waals surface area (Å²) in [6.45, 7) is 5.14. The third-order valence-electron chi connectivity index (χ3n) is 3.02. The van der Waals surface area contributed by atoms with E-state index in [0.29, 0.717) is 26.4 Å². The lowest BCUT2D eigenvalue weighted by Crippen LogP contribution is -2.48. The Morgan fingerprint density at radius 2 is 2.06 bits per heavy atom. The van der Waals surface area contributed by atoms with Gasteiger partial charge < -0.3 is 20.1 Å². The van der Waals surface area contributed by atoms with E-state index in [1.54, 1.807) is 0 Å². The highest BCUT2D eigenvalue weighted by Gasteiger charge is 2.25. The van der Waals surface area contributed by atoms with E-state index in [1.807, 2.05) is 11.8 Å². The van der Waals surface area contributed by atoms with Gasteiger partial charge in [-0.15, -0.1) is 12.4 Å². The molecule has 0 spiro atoms. The van der Waals surface area contributed by atoms with Crippen LogP contribution in [0.4, 0.5) is 0 Å². The molecule has 6 heteroatoms. The SMILES string of the molecule is CCOCCOCC(=O)N1CCCCC1CN.Cl. The van der Waals surface area contributed by atoms with Crippen molar-refractivity contribution in [3.8, 4) is 0 Å². The van der Waals surface area contributed by atoms with Crippen LogP contribution < -0.4 is 5.73 Å². The van der Waals surface area contributed by atoms with Crippen LogP contribution in [0.25, 0.3) is 0 Å². The summed E-state index contributed by atoms with van der Waals surface area (Å²) in [7, 11) is 0. The van der Waals surface area contributed by atoms with Gasteiger partial charge in [0.05, 0.1) is 13.2 Å². The third-order valence-corrected chi connectivity index (χ3v) is 3.02. The van der Waals surface area contributed by atoms with E-state index >= 15 is 0 Å². The predicted molar refractivity (Wildman–Crippen MR) is 73.0 cm³/mol. The quantitative estimate of drug-likeness (QED) is 0.701. The zero-order chi connectivity index (χ0) is 12.5. The van der Waals surface area contributed by atoms with Crippen molar-refractivity contribution in [2.75, 3.05) is 39.5 Å². The molecule has 0 bridgehead atoms. The molecule has 1 atom stereocenters. The molecule has 5 nitrogen and oxygen atoms in total. The minimum atomic E-state index is 0. The Morgan fingerprint density at radius 3 is 2.72 bits per heavy atom. The molecule has 2 N–H and O–H groups in total. The monoisotopic (exact) mass is 280 g/mol. The Kier molecular flexibility index (Phi) is 10.3. The zero-order valence-electron chi connectivity index (χ0n) is 11.1. The van der Waals surface area contributed by atoms with Crippen molar-refractivity contribution in [1.82, 2.24) is 4.90 Å². The Balaban J connectivity index is 0.00000289. The summed E-state index contributed by atoms with van der Waals surface area (Å²) in [5.41, 5.74) is 5.67. The Labute approximate surface area is 115 Å². The largest absolute Gasteiger partial charge is 0.379 e. The van der Waals surface area contributed by atoms with Crippen LogP contribution in [-0.4, -0.2) is 56.4 Å². The van der Waals surface area contributed by atoms with Gasteiger partial charge in [0.25, 0.3) is 0 Å². The number of hydrogen-bond donors (Lipinski definition) is 1. The van der Waals surface area contributed by atoms with Gasteiger partial charge in [0.1, 0.15) is 6.61 Å². The molecule has 1 saturated heterocycles. The molecule has 1 heterocycles. The topological polar surface area (TPSA) is 64.8 Å². The van der Waals surface area contributed by atoms with Gasteiger partial charge in [-0.2, -0.15) is 0 Å². The van der Waals surface area contributed by atoms with E-state index in [9.17, 15) is 4.79 Å². The van der Waals surface area contributed by atoms with Crippen molar-refractivity contribution < 1.29 is 14.3 Å². The average molecular weight is 281 g/mol. The summed E-state index contributed by atoms with van der Waals surface area (Å²) >= 11 is 0. The number of amides is 1. The van der Waals surface area contributed by atoms with Gasteiger partial charge in [-0.05, 0) is 26.2 Å². The molecule has 0 aromatic carbocycles. The molecule has 0 saturated carbocycles. The minimum Gasteiger partial charge on any atom is -0.379 e. The molecule has 1 aliphatic heterocycles. The smallest absolute Gasteiger partial charge is 0.248 e. The third kappa shape index (κ3) is 6.00. The number of rotatable bonds is 7. The number of carbonyl (C=O) groups is 1. The van der Waals surface area contributed by atoms with E-state index in [2.05, 4.69) is 0 Å². The zero-order valence-corrected chi connectivity index (χ0v) is 11.9. The highest BCUT2D eigenvalue weighted by Crippen LogP contribution is 2.16. The van der Waals surface area contributed by atoms with Gasteiger partial charge in [0.15, 0.2) is 0 Å². The molecule has 18 heavy (non-hydrogen) atoms. The Morgan fingerprint density at radius 1 is 1.33 bits per heavy atom. The first kappa shape index (κ1) is 17.6. The van der Waals surface area contributed by atoms with Crippen LogP contribution in [-0.2, 0) is 14.3 Å². The number of likely N-dealkylation sites (tertiary alicyclic amines) is 1. The van der Waals surface area contributed by atoms with Crippen molar-refractivity contribution in [1.29, 1.82) is 0 Å². The minimum absolute atomic E-state index is 0. The van der Waals surface area contributed by atoms with E-state index in [4.69, 9.17) is 15.2 Å². The summed E-state index contributed by atoms with van der Waals surface area (Å²) in [5, 5.41) is 0. The van der Waals surface area contributed by atoms with Crippen molar-refractivity contribution in [3.05, 3.63) is 0 Å². The molecule has 1 rings (SSSR count). The fraction of sp³-hybridized carbons (Fsp3) is 0.917. The maximum Gasteiger partial charge on any atom is 0.248 e. The Hall–Kier alpha value is -0.360. The van der Waals surface area contributed by atoms with Crippen LogP contribution >= 0.6 is 12.4 Å². The first-order valence-corrected chi connectivity index (χ1v) is 6.44. The highest BCUT2D eigenvalue weighted by atomic mass is 35.5. The van der Waals surface area contributed by atoms with E-state index in [0.717, 1.165) is 25.8 Å². The maximum atomic E-state index is 11.9. The lowest BCUT2D eigenvalue weighted by molar-refractivity contribution is -0.140.